The van der Waals surface area contributed by atoms with Crippen LogP contribution >= 0.6 is 50.2 Å². The van der Waals surface area contributed by atoms with Gasteiger partial charge >= 0.3 is 0 Å². The molecule has 2 rings (SSSR count). The first kappa shape index (κ1) is 26.0. The maximum Gasteiger partial charge on any atom is 0.127 e. The van der Waals surface area contributed by atoms with E-state index >= 15 is 0 Å². The van der Waals surface area contributed by atoms with Gasteiger partial charge in [0, 0.05) is 0 Å². The molecule has 0 saturated carbocycles. The Morgan fingerprint density at radius 2 is 0.926 bits per heavy atom. The minimum Gasteiger partial charge on any atom is -0.491 e. The minimum absolute atomic E-state index is 0. The molecule has 2 N–H and O–H groups in total. The van der Waals surface area contributed by atoms with Crippen LogP contribution in [0.1, 0.15) is 0 Å². The van der Waals surface area contributed by atoms with Crippen molar-refractivity contribution < 1.29 is 24.4 Å². The predicted molar refractivity (Wildman–Crippen MR) is 118 cm³/mol. The molecule has 27 heavy (non-hydrogen) atoms. The maximum atomic E-state index is 9.36. The summed E-state index contributed by atoms with van der Waals surface area (Å²) in [7, 11) is 0. The number of hydrogen-bond acceptors (Lipinski definition) is 5. The molecule has 0 fully saturated rings. The van der Waals surface area contributed by atoms with Gasteiger partial charge in [0.15, 0.2) is 0 Å². The van der Waals surface area contributed by atoms with Crippen molar-refractivity contribution in [2.75, 3.05) is 25.0 Å². The van der Waals surface area contributed by atoms with Gasteiger partial charge in [-0.25, -0.2) is 0 Å². The molecule has 152 valence electrons. The van der Waals surface area contributed by atoms with Crippen LogP contribution in [0.2, 0.25) is 0 Å². The van der Waals surface area contributed by atoms with E-state index in [2.05, 4.69) is 0 Å². The summed E-state index contributed by atoms with van der Waals surface area (Å²) in [5.74, 6) is 2.81. The van der Waals surface area contributed by atoms with E-state index in [1.807, 2.05) is 0 Å². The first-order chi connectivity index (χ1) is 12.1. The Bertz CT molecular complexity index is 573. The van der Waals surface area contributed by atoms with Crippen LogP contribution in [-0.2, 0) is 0 Å². The molecule has 0 saturated heterocycles. The third-order valence-electron chi connectivity index (χ3n) is 3.12. The Labute approximate surface area is 183 Å². The number of benzene rings is 2. The van der Waals surface area contributed by atoms with Gasteiger partial charge < -0.3 is 24.4 Å². The summed E-state index contributed by atoms with van der Waals surface area (Å²) in [6.45, 7) is 0.285. The lowest BCUT2D eigenvalue weighted by molar-refractivity contribution is 0.125. The Morgan fingerprint density at radius 3 is 1.22 bits per heavy atom. The summed E-state index contributed by atoms with van der Waals surface area (Å²) < 4.78 is 16.5. The molecule has 0 aromatic heterocycles. The molecule has 5 nitrogen and oxygen atoms in total. The van der Waals surface area contributed by atoms with E-state index in [-0.39, 0.29) is 52.0 Å². The molecule has 0 aliphatic heterocycles. The highest BCUT2D eigenvalue weighted by atomic mass is 35.5. The van der Waals surface area contributed by atoms with Gasteiger partial charge in [-0.2, -0.15) is 27.0 Å². The standard InChI is InChI=1S/C18H20Cl2O5.2H2S/c19-9-13(21)11-23-15-1-5-17(6-2-15)25-18-7-3-16(4-8-18)24-12-14(22)10-20;;/h1-8,13-14,21-22H,9-12H2;2*1H2. The van der Waals surface area contributed by atoms with Crippen molar-refractivity contribution in [2.24, 2.45) is 0 Å². The average Bonchev–Trinajstić information content (AvgIpc) is 2.66. The van der Waals surface area contributed by atoms with Crippen LogP contribution < -0.4 is 14.2 Å². The zero-order chi connectivity index (χ0) is 18.1. The number of aliphatic hydroxyl groups is 2. The van der Waals surface area contributed by atoms with E-state index < -0.39 is 12.2 Å². The van der Waals surface area contributed by atoms with Crippen LogP contribution in [-0.4, -0.2) is 47.4 Å². The van der Waals surface area contributed by atoms with Gasteiger partial charge in [0.25, 0.3) is 0 Å². The maximum absolute atomic E-state index is 9.36. The van der Waals surface area contributed by atoms with Crippen molar-refractivity contribution in [1.82, 2.24) is 0 Å². The van der Waals surface area contributed by atoms with Crippen molar-refractivity contribution >= 4 is 50.2 Å². The average molecular weight is 455 g/mol. The van der Waals surface area contributed by atoms with E-state index in [9.17, 15) is 10.2 Å². The van der Waals surface area contributed by atoms with E-state index in [1.54, 1.807) is 48.5 Å². The zero-order valence-electron chi connectivity index (χ0n) is 14.5. The van der Waals surface area contributed by atoms with Gasteiger partial charge in [-0.15, -0.1) is 23.2 Å². The Morgan fingerprint density at radius 1 is 0.630 bits per heavy atom. The van der Waals surface area contributed by atoms with E-state index in [1.165, 1.54) is 0 Å². The molecule has 9 heteroatoms. The highest BCUT2D eigenvalue weighted by Crippen LogP contribution is 2.25. The molecule has 0 amide bonds. The number of aliphatic hydroxyl groups excluding tert-OH is 2. The van der Waals surface area contributed by atoms with Crippen molar-refractivity contribution in [3.63, 3.8) is 0 Å². The van der Waals surface area contributed by atoms with Crippen LogP contribution in [0.4, 0.5) is 0 Å². The fraction of sp³-hybridized carbons (Fsp3) is 0.333. The number of ether oxygens (including phenoxy) is 3. The highest BCUT2D eigenvalue weighted by Gasteiger charge is 2.05. The Hall–Kier alpha value is -0.960. The van der Waals surface area contributed by atoms with Gasteiger partial charge in [-0.1, -0.05) is 0 Å². The molecule has 2 aromatic carbocycles. The second kappa shape index (κ2) is 14.1. The van der Waals surface area contributed by atoms with Crippen molar-refractivity contribution in [2.45, 2.75) is 12.2 Å². The molecule has 0 radical (unpaired) electrons. The second-order valence-corrected chi connectivity index (χ2v) is 5.90. The van der Waals surface area contributed by atoms with Gasteiger partial charge in [0.1, 0.15) is 48.4 Å². The zero-order valence-corrected chi connectivity index (χ0v) is 18.0. The van der Waals surface area contributed by atoms with Crippen LogP contribution in [0.3, 0.4) is 0 Å². The molecule has 0 aliphatic carbocycles. The van der Waals surface area contributed by atoms with E-state index in [0.29, 0.717) is 23.0 Å². The third-order valence-corrected chi connectivity index (χ3v) is 3.84. The van der Waals surface area contributed by atoms with E-state index in [4.69, 9.17) is 37.4 Å². The van der Waals surface area contributed by atoms with Crippen molar-refractivity contribution in [1.29, 1.82) is 0 Å². The van der Waals surface area contributed by atoms with Crippen LogP contribution in [0.25, 0.3) is 0 Å². The predicted octanol–water partition coefficient (Wildman–Crippen LogP) is 3.66. The number of rotatable bonds is 10. The second-order valence-electron chi connectivity index (χ2n) is 5.28. The fourth-order valence-corrected chi connectivity index (χ4v) is 2.00. The van der Waals surface area contributed by atoms with Gasteiger partial charge in [0.2, 0.25) is 0 Å². The first-order valence-electron chi connectivity index (χ1n) is 7.72. The summed E-state index contributed by atoms with van der Waals surface area (Å²) in [6.07, 6.45) is -1.38. The molecule has 0 spiro atoms. The lowest BCUT2D eigenvalue weighted by Gasteiger charge is -2.11. The normalized spacial score (nSPS) is 12.1. The summed E-state index contributed by atoms with van der Waals surface area (Å²) in [4.78, 5) is 0. The van der Waals surface area contributed by atoms with E-state index in [0.717, 1.165) is 0 Å². The minimum atomic E-state index is -0.691. The summed E-state index contributed by atoms with van der Waals surface area (Å²) in [6, 6.07) is 14.1. The lowest BCUT2D eigenvalue weighted by atomic mass is 10.3. The molecule has 2 aromatic rings. The van der Waals surface area contributed by atoms with Gasteiger partial charge in [-0.05, 0) is 48.5 Å². The van der Waals surface area contributed by atoms with Crippen molar-refractivity contribution in [3.05, 3.63) is 48.5 Å². The topological polar surface area (TPSA) is 68.2 Å². The lowest BCUT2D eigenvalue weighted by Crippen LogP contribution is -2.18. The molecule has 2 unspecified atom stereocenters. The SMILES string of the molecule is OC(CCl)COc1ccc(Oc2ccc(OCC(O)CCl)cc2)cc1.S.S. The third kappa shape index (κ3) is 9.69. The van der Waals surface area contributed by atoms with Gasteiger partial charge in [0.05, 0.1) is 11.8 Å². The Kier molecular flexibility index (Phi) is 13.6. The first-order valence-corrected chi connectivity index (χ1v) is 8.79. The largest absolute Gasteiger partial charge is 0.491 e. The monoisotopic (exact) mass is 454 g/mol. The number of hydrogen-bond donors (Lipinski definition) is 2. The molecule has 0 heterocycles. The molecular weight excluding hydrogens is 431 g/mol. The Balaban J connectivity index is 0.00000338. The van der Waals surface area contributed by atoms with Gasteiger partial charge in [-0.3, -0.25) is 0 Å². The van der Waals surface area contributed by atoms with Crippen molar-refractivity contribution in [3.8, 4) is 23.0 Å². The molecule has 0 bridgehead atoms. The summed E-state index contributed by atoms with van der Waals surface area (Å²) >= 11 is 11.0. The summed E-state index contributed by atoms with van der Waals surface area (Å²) in [5, 5.41) is 18.7. The van der Waals surface area contributed by atoms with Crippen LogP contribution in [0.15, 0.2) is 48.5 Å². The van der Waals surface area contributed by atoms with Crippen LogP contribution in [0.5, 0.6) is 23.0 Å². The quantitative estimate of drug-likeness (QED) is 0.536. The summed E-state index contributed by atoms with van der Waals surface area (Å²) in [5.41, 5.74) is 0. The molecule has 0 aliphatic rings. The fourth-order valence-electron chi connectivity index (χ4n) is 1.82. The number of halogens is 2. The smallest absolute Gasteiger partial charge is 0.127 e. The van der Waals surface area contributed by atoms with Crippen LogP contribution in [0, 0.1) is 0 Å². The highest BCUT2D eigenvalue weighted by molar-refractivity contribution is 7.59. The number of alkyl halides is 2. The molecular formula is C18H24Cl2O5S2. The molecule has 2 atom stereocenters.